The van der Waals surface area contributed by atoms with Gasteiger partial charge in [0.15, 0.2) is 0 Å². The SMILES string of the molecule is CC1(C)c2cc(-c3cccc4ccccc34)cc3c2-c2c1cc1ccc4cccc5cc(c2c1c45)C3(C)C. The minimum Gasteiger partial charge on any atom is -0.0616 e. The average molecular weight is 485 g/mol. The number of hydrogen-bond acceptors (Lipinski definition) is 0. The summed E-state index contributed by atoms with van der Waals surface area (Å²) in [7, 11) is 0. The number of rotatable bonds is 1. The Kier molecular flexibility index (Phi) is 3.54. The molecule has 0 heterocycles. The van der Waals surface area contributed by atoms with Gasteiger partial charge < -0.3 is 0 Å². The highest BCUT2D eigenvalue weighted by atomic mass is 14.5. The first-order chi connectivity index (χ1) is 18.4. The van der Waals surface area contributed by atoms with Crippen LogP contribution in [-0.2, 0) is 10.8 Å². The van der Waals surface area contributed by atoms with Crippen LogP contribution in [-0.4, -0.2) is 0 Å². The van der Waals surface area contributed by atoms with Gasteiger partial charge in [0.25, 0.3) is 0 Å². The maximum absolute atomic E-state index is 2.51. The lowest BCUT2D eigenvalue weighted by atomic mass is 9.67. The Balaban J connectivity index is 1.49. The average Bonchev–Trinajstić information content (AvgIpc) is 3.16. The molecule has 0 amide bonds. The van der Waals surface area contributed by atoms with Crippen LogP contribution in [0.5, 0.6) is 0 Å². The minimum atomic E-state index is -0.112. The first kappa shape index (κ1) is 20.8. The van der Waals surface area contributed by atoms with Crippen LogP contribution in [0, 0.1) is 0 Å². The smallest absolute Gasteiger partial charge is 0.0159 e. The predicted octanol–water partition coefficient (Wildman–Crippen LogP) is 10.3. The van der Waals surface area contributed by atoms with E-state index in [9.17, 15) is 0 Å². The highest BCUT2D eigenvalue weighted by Crippen LogP contribution is 2.62. The van der Waals surface area contributed by atoms with Gasteiger partial charge in [0.05, 0.1) is 0 Å². The van der Waals surface area contributed by atoms with Crippen LogP contribution in [0.2, 0.25) is 0 Å². The van der Waals surface area contributed by atoms with Gasteiger partial charge in [-0.3, -0.25) is 0 Å². The lowest BCUT2D eigenvalue weighted by Gasteiger charge is -2.36. The van der Waals surface area contributed by atoms with Crippen molar-refractivity contribution in [1.29, 1.82) is 0 Å². The van der Waals surface area contributed by atoms with Crippen LogP contribution in [0.25, 0.3) is 65.3 Å². The first-order valence-corrected chi connectivity index (χ1v) is 13.8. The van der Waals surface area contributed by atoms with Crippen molar-refractivity contribution < 1.29 is 0 Å². The summed E-state index contributed by atoms with van der Waals surface area (Å²) in [5, 5.41) is 11.1. The molecule has 0 spiro atoms. The normalized spacial score (nSPS) is 16.3. The van der Waals surface area contributed by atoms with Crippen molar-refractivity contribution in [2.45, 2.75) is 38.5 Å². The Bertz CT molecular complexity index is 2160. The topological polar surface area (TPSA) is 0 Å². The second kappa shape index (κ2) is 6.45. The van der Waals surface area contributed by atoms with E-state index in [1.807, 2.05) is 0 Å². The van der Waals surface area contributed by atoms with E-state index in [0.29, 0.717) is 0 Å². The third-order valence-corrected chi connectivity index (χ3v) is 9.93. The Morgan fingerprint density at radius 1 is 0.421 bits per heavy atom. The van der Waals surface area contributed by atoms with Crippen molar-refractivity contribution in [1.82, 2.24) is 0 Å². The van der Waals surface area contributed by atoms with Gasteiger partial charge in [-0.25, -0.2) is 0 Å². The molecule has 0 atom stereocenters. The Labute approximate surface area is 222 Å². The summed E-state index contributed by atoms with van der Waals surface area (Å²) >= 11 is 0. The van der Waals surface area contributed by atoms with E-state index in [-0.39, 0.29) is 10.8 Å². The maximum Gasteiger partial charge on any atom is 0.0159 e. The van der Waals surface area contributed by atoms with Gasteiger partial charge in [0.2, 0.25) is 0 Å². The van der Waals surface area contributed by atoms with E-state index in [0.717, 1.165) is 0 Å². The molecule has 0 radical (unpaired) electrons. The summed E-state index contributed by atoms with van der Waals surface area (Å²) in [4.78, 5) is 0. The lowest BCUT2D eigenvalue weighted by Crippen LogP contribution is -2.24. The third-order valence-electron chi connectivity index (χ3n) is 9.93. The van der Waals surface area contributed by atoms with Crippen LogP contribution in [0.15, 0.2) is 97.1 Å². The van der Waals surface area contributed by atoms with Crippen molar-refractivity contribution in [3.63, 3.8) is 0 Å². The molecule has 0 heteroatoms. The number of fused-ring (bicyclic) bond motifs is 1. The fourth-order valence-corrected chi connectivity index (χ4v) is 7.98. The molecular formula is C38H28. The largest absolute Gasteiger partial charge is 0.0616 e. The maximum atomic E-state index is 2.51. The summed E-state index contributed by atoms with van der Waals surface area (Å²) in [6.07, 6.45) is 0. The van der Waals surface area contributed by atoms with Gasteiger partial charge in [-0.15, -0.1) is 0 Å². The zero-order valence-corrected chi connectivity index (χ0v) is 22.2. The predicted molar refractivity (Wildman–Crippen MR) is 163 cm³/mol. The molecule has 0 nitrogen and oxygen atoms in total. The fourth-order valence-electron chi connectivity index (χ4n) is 7.98. The molecular weight excluding hydrogens is 456 g/mol. The molecule has 0 fully saturated rings. The molecule has 0 aliphatic heterocycles. The van der Waals surface area contributed by atoms with Crippen molar-refractivity contribution in [3.8, 4) is 22.3 Å². The third kappa shape index (κ3) is 2.26. The standard InChI is InChI=1S/C38H28/c1-37(2)28-19-25(27-14-8-10-21-9-5-6-13-26(21)27)20-29-34(28)36-31(38(29,3)4)18-24-16-15-22-11-7-12-23-17-30(37)35(36)33(24)32(22)23/h5-20H,1-4H3. The van der Waals surface area contributed by atoms with Gasteiger partial charge in [-0.2, -0.15) is 0 Å². The summed E-state index contributed by atoms with van der Waals surface area (Å²) in [6.45, 7) is 9.76. The van der Waals surface area contributed by atoms with Crippen LogP contribution in [0.4, 0.5) is 0 Å². The number of benzene rings is 7. The van der Waals surface area contributed by atoms with E-state index in [2.05, 4.69) is 125 Å². The molecule has 0 bridgehead atoms. The minimum absolute atomic E-state index is 0.0673. The molecule has 7 aromatic rings. The van der Waals surface area contributed by atoms with Crippen molar-refractivity contribution in [3.05, 3.63) is 119 Å². The van der Waals surface area contributed by atoms with E-state index in [1.165, 1.54) is 87.6 Å². The molecule has 38 heavy (non-hydrogen) atoms. The highest BCUT2D eigenvalue weighted by molar-refractivity contribution is 6.28. The molecule has 2 aliphatic rings. The highest BCUT2D eigenvalue weighted by Gasteiger charge is 2.45. The van der Waals surface area contributed by atoms with E-state index in [1.54, 1.807) is 0 Å². The van der Waals surface area contributed by atoms with Crippen LogP contribution in [0.1, 0.15) is 49.9 Å². The van der Waals surface area contributed by atoms with Gasteiger partial charge >= 0.3 is 0 Å². The molecule has 0 unspecified atom stereocenters. The van der Waals surface area contributed by atoms with E-state index >= 15 is 0 Å². The molecule has 0 N–H and O–H groups in total. The second-order valence-electron chi connectivity index (χ2n) is 12.6. The second-order valence-corrected chi connectivity index (χ2v) is 12.6. The molecule has 0 saturated carbocycles. The fraction of sp³-hybridized carbons (Fsp3) is 0.158. The zero-order chi connectivity index (χ0) is 25.6. The Hall–Kier alpha value is -4.16. The summed E-state index contributed by atoms with van der Waals surface area (Å²) in [5.41, 5.74) is 11.3. The monoisotopic (exact) mass is 484 g/mol. The molecule has 7 aromatic carbocycles. The van der Waals surface area contributed by atoms with Crippen LogP contribution in [0.3, 0.4) is 0 Å². The van der Waals surface area contributed by atoms with Crippen LogP contribution >= 0.6 is 0 Å². The van der Waals surface area contributed by atoms with Gasteiger partial charge in [-0.1, -0.05) is 100 Å². The van der Waals surface area contributed by atoms with Crippen LogP contribution < -0.4 is 0 Å². The Morgan fingerprint density at radius 2 is 1.00 bits per heavy atom. The van der Waals surface area contributed by atoms with E-state index in [4.69, 9.17) is 0 Å². The first-order valence-electron chi connectivity index (χ1n) is 13.8. The molecule has 180 valence electrons. The zero-order valence-electron chi connectivity index (χ0n) is 22.2. The summed E-state index contributed by atoms with van der Waals surface area (Å²) in [5.74, 6) is 0. The van der Waals surface area contributed by atoms with Crippen molar-refractivity contribution >= 4 is 43.1 Å². The van der Waals surface area contributed by atoms with Gasteiger partial charge in [0.1, 0.15) is 0 Å². The molecule has 0 aromatic heterocycles. The van der Waals surface area contributed by atoms with Gasteiger partial charge in [-0.05, 0) is 112 Å². The summed E-state index contributed by atoms with van der Waals surface area (Å²) in [6, 6.07) is 37.0. The van der Waals surface area contributed by atoms with Gasteiger partial charge in [0, 0.05) is 10.8 Å². The van der Waals surface area contributed by atoms with Crippen molar-refractivity contribution in [2.24, 2.45) is 0 Å². The number of hydrogen-bond donors (Lipinski definition) is 0. The Morgan fingerprint density at radius 3 is 1.84 bits per heavy atom. The summed E-state index contributed by atoms with van der Waals surface area (Å²) < 4.78 is 0. The van der Waals surface area contributed by atoms with Crippen molar-refractivity contribution in [2.75, 3.05) is 0 Å². The molecule has 9 rings (SSSR count). The molecule has 2 aliphatic carbocycles. The molecule has 0 saturated heterocycles. The van der Waals surface area contributed by atoms with E-state index < -0.39 is 0 Å². The quantitative estimate of drug-likeness (QED) is 0.203. The lowest BCUT2D eigenvalue weighted by molar-refractivity contribution is 0.640.